The van der Waals surface area contributed by atoms with Crippen molar-refractivity contribution in [2.75, 3.05) is 12.3 Å². The first-order valence-electron chi connectivity index (χ1n) is 6.16. The lowest BCUT2D eigenvalue weighted by molar-refractivity contribution is 0.0948. The number of hydrogen-bond acceptors (Lipinski definition) is 5. The Labute approximate surface area is 122 Å². The van der Waals surface area contributed by atoms with Crippen LogP contribution in [0.2, 0.25) is 0 Å². The Morgan fingerprint density at radius 2 is 2.25 bits per heavy atom. The van der Waals surface area contributed by atoms with E-state index in [9.17, 15) is 13.2 Å². The predicted molar refractivity (Wildman–Crippen MR) is 79.3 cm³/mol. The van der Waals surface area contributed by atoms with E-state index in [2.05, 4.69) is 10.3 Å². The van der Waals surface area contributed by atoms with E-state index < -0.39 is 21.0 Å². The molecule has 0 aromatic carbocycles. The van der Waals surface area contributed by atoms with Crippen molar-refractivity contribution in [1.29, 1.82) is 0 Å². The molecule has 1 aliphatic rings. The van der Waals surface area contributed by atoms with Crippen molar-refractivity contribution in [1.82, 2.24) is 10.3 Å². The number of carbonyl (C=O) groups is 1. The zero-order valence-electron chi connectivity index (χ0n) is 10.7. The summed E-state index contributed by atoms with van der Waals surface area (Å²) in [4.78, 5) is 16.0. The van der Waals surface area contributed by atoms with Gasteiger partial charge in [0.05, 0.1) is 11.0 Å². The molecule has 6 nitrogen and oxygen atoms in total. The summed E-state index contributed by atoms with van der Waals surface area (Å²) in [7, 11) is -3.05. The Morgan fingerprint density at radius 1 is 1.50 bits per heavy atom. The number of carbonyl (C=O) groups excluding carboxylic acids is 1. The molecule has 1 saturated heterocycles. The van der Waals surface area contributed by atoms with Crippen LogP contribution in [0.3, 0.4) is 0 Å². The van der Waals surface area contributed by atoms with Crippen molar-refractivity contribution in [3.05, 3.63) is 29.6 Å². The summed E-state index contributed by atoms with van der Waals surface area (Å²) in [5.74, 6) is -0.198. The molecule has 0 aliphatic carbocycles. The fraction of sp³-hybridized carbons (Fsp3) is 0.417. The van der Waals surface area contributed by atoms with E-state index in [0.29, 0.717) is 18.4 Å². The molecule has 0 spiro atoms. The number of pyridine rings is 1. The molecule has 0 bridgehead atoms. The second-order valence-electron chi connectivity index (χ2n) is 4.64. The average Bonchev–Trinajstić information content (AvgIpc) is 2.75. The maximum absolute atomic E-state index is 11.9. The lowest BCUT2D eigenvalue weighted by atomic mass is 10.2. The van der Waals surface area contributed by atoms with Gasteiger partial charge in [-0.3, -0.25) is 9.78 Å². The van der Waals surface area contributed by atoms with Crippen molar-refractivity contribution in [2.24, 2.45) is 5.73 Å². The Hall–Kier alpha value is -1.54. The van der Waals surface area contributed by atoms with Gasteiger partial charge in [-0.1, -0.05) is 12.2 Å². The minimum Gasteiger partial charge on any atom is -0.389 e. The zero-order chi connectivity index (χ0) is 14.8. The van der Waals surface area contributed by atoms with Crippen LogP contribution >= 0.6 is 12.2 Å². The average molecular weight is 313 g/mol. The molecular weight excluding hydrogens is 298 g/mol. The van der Waals surface area contributed by atoms with Crippen LogP contribution in [0.15, 0.2) is 18.3 Å². The zero-order valence-corrected chi connectivity index (χ0v) is 12.3. The lowest BCUT2D eigenvalue weighted by Gasteiger charge is -2.10. The van der Waals surface area contributed by atoms with Crippen LogP contribution in [-0.2, 0) is 9.84 Å². The van der Waals surface area contributed by atoms with E-state index in [4.69, 9.17) is 18.0 Å². The minimum absolute atomic E-state index is 0.125. The molecule has 8 heteroatoms. The summed E-state index contributed by atoms with van der Waals surface area (Å²) in [6.07, 6.45) is 2.67. The summed E-state index contributed by atoms with van der Waals surface area (Å²) in [5.41, 5.74) is 6.22. The molecule has 1 aromatic rings. The van der Waals surface area contributed by atoms with Crippen molar-refractivity contribution in [2.45, 2.75) is 18.1 Å². The monoisotopic (exact) mass is 313 g/mol. The number of thiocarbonyl (C=S) groups is 1. The highest BCUT2D eigenvalue weighted by molar-refractivity contribution is 7.92. The fourth-order valence-corrected chi connectivity index (χ4v) is 3.94. The molecule has 2 heterocycles. The van der Waals surface area contributed by atoms with Gasteiger partial charge in [0.2, 0.25) is 0 Å². The molecule has 0 radical (unpaired) electrons. The van der Waals surface area contributed by atoms with E-state index in [1.54, 1.807) is 6.07 Å². The van der Waals surface area contributed by atoms with Crippen LogP contribution in [0.25, 0.3) is 0 Å². The number of nitrogens with two attached hydrogens (primary N) is 1. The summed E-state index contributed by atoms with van der Waals surface area (Å²) in [6, 6.07) is 3.11. The Kier molecular flexibility index (Phi) is 4.34. The van der Waals surface area contributed by atoms with E-state index >= 15 is 0 Å². The predicted octanol–water partition coefficient (Wildman–Crippen LogP) is 0.0228. The van der Waals surface area contributed by atoms with E-state index in [0.717, 1.165) is 0 Å². The highest BCUT2D eigenvalue weighted by Gasteiger charge is 2.31. The molecular formula is C12H15N3O3S2. The van der Waals surface area contributed by atoms with Crippen LogP contribution in [-0.4, -0.2) is 41.8 Å². The van der Waals surface area contributed by atoms with Gasteiger partial charge in [0, 0.05) is 18.3 Å². The number of nitrogens with zero attached hydrogens (tertiary/aromatic N) is 1. The number of aromatic nitrogens is 1. The first-order chi connectivity index (χ1) is 9.40. The van der Waals surface area contributed by atoms with E-state index in [1.165, 1.54) is 12.3 Å². The number of sulfone groups is 1. The Morgan fingerprint density at radius 3 is 2.75 bits per heavy atom. The number of hydrogen-bond donors (Lipinski definition) is 2. The van der Waals surface area contributed by atoms with Crippen molar-refractivity contribution < 1.29 is 13.2 Å². The smallest absolute Gasteiger partial charge is 0.269 e. The minimum atomic E-state index is -3.05. The van der Waals surface area contributed by atoms with Gasteiger partial charge in [0.15, 0.2) is 9.84 Å². The third-order valence-electron chi connectivity index (χ3n) is 3.23. The van der Waals surface area contributed by atoms with Gasteiger partial charge >= 0.3 is 0 Å². The molecule has 1 fully saturated rings. The molecule has 20 heavy (non-hydrogen) atoms. The third kappa shape index (κ3) is 3.31. The largest absolute Gasteiger partial charge is 0.389 e. The standard InChI is InChI=1S/C12H15N3O3S2/c13-11(19)8-3-4-10(14-6-8)12(16)15-7-9-2-1-5-20(9,17)18/h3-4,6,9H,1-2,5,7H2,(H2,13,19)(H,15,16). The van der Waals surface area contributed by atoms with Crippen molar-refractivity contribution >= 4 is 33.0 Å². The fourth-order valence-electron chi connectivity index (χ4n) is 2.06. The molecule has 1 aliphatic heterocycles. The SMILES string of the molecule is NC(=S)c1ccc(C(=O)NCC2CCCS2(=O)=O)nc1. The second-order valence-corrected chi connectivity index (χ2v) is 7.48. The summed E-state index contributed by atoms with van der Waals surface area (Å²) < 4.78 is 23.3. The maximum atomic E-state index is 11.9. The number of amides is 1. The first-order valence-corrected chi connectivity index (χ1v) is 8.28. The quantitative estimate of drug-likeness (QED) is 0.760. The maximum Gasteiger partial charge on any atom is 0.269 e. The lowest BCUT2D eigenvalue weighted by Crippen LogP contribution is -2.35. The van der Waals surface area contributed by atoms with Crippen LogP contribution < -0.4 is 11.1 Å². The van der Waals surface area contributed by atoms with Crippen molar-refractivity contribution in [3.8, 4) is 0 Å². The highest BCUT2D eigenvalue weighted by Crippen LogP contribution is 2.19. The van der Waals surface area contributed by atoms with Gasteiger partial charge in [-0.15, -0.1) is 0 Å². The summed E-state index contributed by atoms with van der Waals surface area (Å²) in [5, 5.41) is 2.12. The summed E-state index contributed by atoms with van der Waals surface area (Å²) >= 11 is 4.79. The van der Waals surface area contributed by atoms with Crippen LogP contribution in [0.5, 0.6) is 0 Å². The van der Waals surface area contributed by atoms with Crippen molar-refractivity contribution in [3.63, 3.8) is 0 Å². The number of rotatable bonds is 4. The van der Waals surface area contributed by atoms with Crippen LogP contribution in [0, 0.1) is 0 Å². The summed E-state index contributed by atoms with van der Waals surface area (Å²) in [6.45, 7) is 0.125. The molecule has 1 unspecified atom stereocenters. The molecule has 1 aromatic heterocycles. The third-order valence-corrected chi connectivity index (χ3v) is 5.75. The molecule has 1 atom stereocenters. The van der Waals surface area contributed by atoms with Gasteiger partial charge in [-0.25, -0.2) is 8.42 Å². The van der Waals surface area contributed by atoms with Gasteiger partial charge < -0.3 is 11.1 Å². The topological polar surface area (TPSA) is 102 Å². The molecule has 1 amide bonds. The van der Waals surface area contributed by atoms with Gasteiger partial charge in [0.25, 0.3) is 5.91 Å². The Bertz CT molecular complexity index is 626. The molecule has 0 saturated carbocycles. The second kappa shape index (κ2) is 5.84. The van der Waals surface area contributed by atoms with Gasteiger partial charge in [-0.2, -0.15) is 0 Å². The van der Waals surface area contributed by atoms with E-state index in [1.807, 2.05) is 0 Å². The van der Waals surface area contributed by atoms with E-state index in [-0.39, 0.29) is 23.0 Å². The molecule has 108 valence electrons. The van der Waals surface area contributed by atoms with Gasteiger partial charge in [0.1, 0.15) is 10.7 Å². The Balaban J connectivity index is 1.97. The molecule has 3 N–H and O–H groups in total. The van der Waals surface area contributed by atoms with Crippen LogP contribution in [0.4, 0.5) is 0 Å². The first kappa shape index (κ1) is 14.9. The molecule has 2 rings (SSSR count). The number of nitrogens with one attached hydrogen (secondary N) is 1. The normalized spacial score (nSPS) is 20.5. The van der Waals surface area contributed by atoms with Crippen LogP contribution in [0.1, 0.15) is 28.9 Å². The van der Waals surface area contributed by atoms with Gasteiger partial charge in [-0.05, 0) is 25.0 Å². The highest BCUT2D eigenvalue weighted by atomic mass is 32.2.